The Morgan fingerprint density at radius 3 is 1.94 bits per heavy atom. The lowest BCUT2D eigenvalue weighted by Gasteiger charge is -2.28. The quantitative estimate of drug-likeness (QED) is 0.647. The average Bonchev–Trinajstić information content (AvgIpc) is 2.29. The van der Waals surface area contributed by atoms with E-state index in [1.165, 1.54) is 0 Å². The average molecular weight is 260 g/mol. The van der Waals surface area contributed by atoms with E-state index in [2.05, 4.69) is 37.9 Å². The second-order valence-corrected chi connectivity index (χ2v) is 6.02. The molecule has 1 atom stereocenters. The van der Waals surface area contributed by atoms with Crippen molar-refractivity contribution in [2.45, 2.75) is 33.2 Å². The minimum Gasteiger partial charge on any atom is -0.383 e. The fourth-order valence-corrected chi connectivity index (χ4v) is 1.72. The highest BCUT2D eigenvalue weighted by Crippen LogP contribution is 2.03. The zero-order valence-electron chi connectivity index (χ0n) is 13.1. The minimum absolute atomic E-state index is 0.193. The van der Waals surface area contributed by atoms with Crippen molar-refractivity contribution in [2.24, 2.45) is 5.92 Å². The van der Waals surface area contributed by atoms with Gasteiger partial charge in [-0.15, -0.1) is 0 Å². The highest BCUT2D eigenvalue weighted by molar-refractivity contribution is 4.73. The van der Waals surface area contributed by atoms with E-state index >= 15 is 0 Å². The molecule has 0 aromatic heterocycles. The predicted octanol–water partition coefficient (Wildman–Crippen LogP) is 1.61. The minimum atomic E-state index is 0.193. The van der Waals surface area contributed by atoms with Crippen molar-refractivity contribution in [3.05, 3.63) is 0 Å². The van der Waals surface area contributed by atoms with Crippen molar-refractivity contribution >= 4 is 0 Å². The van der Waals surface area contributed by atoms with E-state index in [0.717, 1.165) is 39.4 Å². The highest BCUT2D eigenvalue weighted by atomic mass is 16.5. The van der Waals surface area contributed by atoms with Crippen LogP contribution >= 0.6 is 0 Å². The topological polar surface area (TPSA) is 33.7 Å². The smallest absolute Gasteiger partial charge is 0.0589 e. The molecule has 0 heterocycles. The van der Waals surface area contributed by atoms with E-state index in [1.807, 2.05) is 0 Å². The number of methoxy groups -OCH3 is 2. The molecule has 1 unspecified atom stereocenters. The number of hydrogen-bond donors (Lipinski definition) is 1. The molecule has 1 N–H and O–H groups in total. The van der Waals surface area contributed by atoms with Gasteiger partial charge in [0.25, 0.3) is 0 Å². The second kappa shape index (κ2) is 9.73. The van der Waals surface area contributed by atoms with Crippen molar-refractivity contribution in [1.29, 1.82) is 0 Å². The summed E-state index contributed by atoms with van der Waals surface area (Å²) >= 11 is 0. The Morgan fingerprint density at radius 2 is 1.56 bits per heavy atom. The molecular formula is C14H32N2O2. The number of ether oxygens (including phenoxy) is 2. The van der Waals surface area contributed by atoms with Gasteiger partial charge in [-0.25, -0.2) is 0 Å². The normalized spacial score (nSPS) is 14.2. The van der Waals surface area contributed by atoms with Crippen molar-refractivity contribution in [2.75, 3.05) is 53.6 Å². The van der Waals surface area contributed by atoms with Crippen LogP contribution in [0.5, 0.6) is 0 Å². The van der Waals surface area contributed by atoms with Crippen LogP contribution in [0.4, 0.5) is 0 Å². The molecule has 0 radical (unpaired) electrons. The second-order valence-electron chi connectivity index (χ2n) is 6.02. The molecule has 0 bridgehead atoms. The Morgan fingerprint density at radius 1 is 1.06 bits per heavy atom. The third-order valence-electron chi connectivity index (χ3n) is 2.77. The number of hydrogen-bond acceptors (Lipinski definition) is 4. The summed E-state index contributed by atoms with van der Waals surface area (Å²) in [5.41, 5.74) is 0.193. The SMILES string of the molecule is COCCN(CCOC)CC(C)CNC(C)(C)C. The van der Waals surface area contributed by atoms with Gasteiger partial charge >= 0.3 is 0 Å². The zero-order chi connectivity index (χ0) is 14.0. The van der Waals surface area contributed by atoms with Crippen molar-refractivity contribution < 1.29 is 9.47 Å². The van der Waals surface area contributed by atoms with E-state index in [0.29, 0.717) is 5.92 Å². The first-order valence-electron chi connectivity index (χ1n) is 6.84. The first-order valence-corrected chi connectivity index (χ1v) is 6.84. The zero-order valence-corrected chi connectivity index (χ0v) is 13.1. The molecule has 0 spiro atoms. The summed E-state index contributed by atoms with van der Waals surface area (Å²) in [7, 11) is 3.50. The van der Waals surface area contributed by atoms with Crippen molar-refractivity contribution in [3.63, 3.8) is 0 Å². The van der Waals surface area contributed by atoms with Gasteiger partial charge in [0.15, 0.2) is 0 Å². The Bertz CT molecular complexity index is 185. The maximum absolute atomic E-state index is 5.15. The molecule has 4 heteroatoms. The van der Waals surface area contributed by atoms with Crippen LogP contribution in [0.2, 0.25) is 0 Å². The van der Waals surface area contributed by atoms with Crippen LogP contribution in [-0.2, 0) is 9.47 Å². The molecule has 0 aliphatic carbocycles. The molecule has 0 rings (SSSR count). The number of nitrogens with zero attached hydrogens (tertiary/aromatic N) is 1. The largest absolute Gasteiger partial charge is 0.383 e. The van der Waals surface area contributed by atoms with Crippen LogP contribution in [0.15, 0.2) is 0 Å². The molecule has 0 aromatic carbocycles. The Hall–Kier alpha value is -0.160. The van der Waals surface area contributed by atoms with Gasteiger partial charge in [-0.1, -0.05) is 6.92 Å². The van der Waals surface area contributed by atoms with Gasteiger partial charge in [0, 0.05) is 39.4 Å². The number of nitrogens with one attached hydrogen (secondary N) is 1. The fourth-order valence-electron chi connectivity index (χ4n) is 1.72. The molecule has 0 fully saturated rings. The van der Waals surface area contributed by atoms with Crippen LogP contribution in [-0.4, -0.2) is 64.1 Å². The molecule has 0 saturated heterocycles. The molecule has 0 amide bonds. The van der Waals surface area contributed by atoms with Gasteiger partial charge in [0.05, 0.1) is 13.2 Å². The van der Waals surface area contributed by atoms with Gasteiger partial charge in [-0.3, -0.25) is 4.90 Å². The number of rotatable bonds is 10. The highest BCUT2D eigenvalue weighted by Gasteiger charge is 2.14. The Labute approximate surface area is 113 Å². The summed E-state index contributed by atoms with van der Waals surface area (Å²) in [6.07, 6.45) is 0. The lowest BCUT2D eigenvalue weighted by atomic mass is 10.1. The summed E-state index contributed by atoms with van der Waals surface area (Å²) in [5, 5.41) is 3.55. The van der Waals surface area contributed by atoms with Crippen LogP contribution in [0.25, 0.3) is 0 Å². The fraction of sp³-hybridized carbons (Fsp3) is 1.00. The molecule has 18 heavy (non-hydrogen) atoms. The van der Waals surface area contributed by atoms with E-state index in [9.17, 15) is 0 Å². The van der Waals surface area contributed by atoms with E-state index in [-0.39, 0.29) is 5.54 Å². The van der Waals surface area contributed by atoms with Gasteiger partial charge < -0.3 is 14.8 Å². The van der Waals surface area contributed by atoms with Crippen LogP contribution in [0.3, 0.4) is 0 Å². The van der Waals surface area contributed by atoms with Gasteiger partial charge in [-0.2, -0.15) is 0 Å². The molecule has 4 nitrogen and oxygen atoms in total. The van der Waals surface area contributed by atoms with Crippen molar-refractivity contribution in [1.82, 2.24) is 10.2 Å². The first kappa shape index (κ1) is 17.8. The van der Waals surface area contributed by atoms with E-state index in [1.54, 1.807) is 14.2 Å². The Kier molecular flexibility index (Phi) is 9.64. The van der Waals surface area contributed by atoms with E-state index in [4.69, 9.17) is 9.47 Å². The lowest BCUT2D eigenvalue weighted by Crippen LogP contribution is -2.42. The lowest BCUT2D eigenvalue weighted by molar-refractivity contribution is 0.104. The molecule has 0 aliphatic rings. The third kappa shape index (κ3) is 11.0. The van der Waals surface area contributed by atoms with Crippen LogP contribution in [0, 0.1) is 5.92 Å². The van der Waals surface area contributed by atoms with Crippen molar-refractivity contribution in [3.8, 4) is 0 Å². The molecule has 0 aliphatic heterocycles. The van der Waals surface area contributed by atoms with Gasteiger partial charge in [0.2, 0.25) is 0 Å². The first-order chi connectivity index (χ1) is 8.39. The maximum Gasteiger partial charge on any atom is 0.0589 e. The van der Waals surface area contributed by atoms with E-state index < -0.39 is 0 Å². The third-order valence-corrected chi connectivity index (χ3v) is 2.77. The summed E-state index contributed by atoms with van der Waals surface area (Å²) in [6.45, 7) is 14.5. The van der Waals surface area contributed by atoms with Crippen LogP contribution < -0.4 is 5.32 Å². The standard InChI is InChI=1S/C14H32N2O2/c1-13(11-15-14(2,3)4)12-16(7-9-17-5)8-10-18-6/h13,15H,7-12H2,1-6H3. The molecular weight excluding hydrogens is 228 g/mol. The summed E-state index contributed by atoms with van der Waals surface area (Å²) in [4.78, 5) is 2.40. The molecule has 110 valence electrons. The molecule has 0 aromatic rings. The summed E-state index contributed by atoms with van der Waals surface area (Å²) < 4.78 is 10.3. The monoisotopic (exact) mass is 260 g/mol. The molecule has 0 saturated carbocycles. The van der Waals surface area contributed by atoms with Gasteiger partial charge in [-0.05, 0) is 33.2 Å². The van der Waals surface area contributed by atoms with Gasteiger partial charge in [0.1, 0.15) is 0 Å². The van der Waals surface area contributed by atoms with Crippen LogP contribution in [0.1, 0.15) is 27.7 Å². The summed E-state index contributed by atoms with van der Waals surface area (Å²) in [5.74, 6) is 0.623. The predicted molar refractivity (Wildman–Crippen MR) is 77.1 cm³/mol. The summed E-state index contributed by atoms with van der Waals surface area (Å²) in [6, 6.07) is 0. The maximum atomic E-state index is 5.15. The Balaban J connectivity index is 3.96.